The third-order valence-corrected chi connectivity index (χ3v) is 6.21. The van der Waals surface area contributed by atoms with E-state index in [1.165, 1.54) is 22.2 Å². The Morgan fingerprint density at radius 2 is 2.18 bits per heavy atom. The molecule has 3 unspecified atom stereocenters. The summed E-state index contributed by atoms with van der Waals surface area (Å²) in [6.45, 7) is 2.36. The van der Waals surface area contributed by atoms with Gasteiger partial charge in [0.05, 0.1) is 0 Å². The van der Waals surface area contributed by atoms with Crippen molar-refractivity contribution < 1.29 is 21.2 Å². The van der Waals surface area contributed by atoms with Crippen LogP contribution in [0.15, 0.2) is 0 Å². The monoisotopic (exact) mass is 265 g/mol. The molecule has 2 rings (SSSR count). The molecule has 2 bridgehead atoms. The third kappa shape index (κ3) is 1.73. The van der Waals surface area contributed by atoms with Crippen molar-refractivity contribution in [2.24, 2.45) is 17.8 Å². The van der Waals surface area contributed by atoms with Crippen molar-refractivity contribution >= 4 is 0 Å². The topological polar surface area (TPSA) is 0 Å². The molecular formula is C10H18I-. The van der Waals surface area contributed by atoms with Gasteiger partial charge in [0.1, 0.15) is 0 Å². The molecule has 0 aromatic heterocycles. The number of hydrogen-bond acceptors (Lipinski definition) is 0. The first-order chi connectivity index (χ1) is 5.40. The number of rotatable bonds is 3. The van der Waals surface area contributed by atoms with Crippen molar-refractivity contribution in [2.45, 2.75) is 32.6 Å². The molecule has 0 N–H and O–H groups in total. The van der Waals surface area contributed by atoms with Gasteiger partial charge in [-0.15, -0.1) is 0 Å². The quantitative estimate of drug-likeness (QED) is 0.478. The van der Waals surface area contributed by atoms with Gasteiger partial charge in [0.25, 0.3) is 0 Å². The molecule has 0 spiro atoms. The van der Waals surface area contributed by atoms with Crippen LogP contribution >= 0.6 is 0 Å². The van der Waals surface area contributed by atoms with Crippen LogP contribution in [-0.4, -0.2) is 8.86 Å². The van der Waals surface area contributed by atoms with E-state index in [4.69, 9.17) is 0 Å². The summed E-state index contributed by atoms with van der Waals surface area (Å²) >= 11 is 0.602. The summed E-state index contributed by atoms with van der Waals surface area (Å²) in [7, 11) is 0. The van der Waals surface area contributed by atoms with Crippen LogP contribution in [0.4, 0.5) is 0 Å². The van der Waals surface area contributed by atoms with Crippen molar-refractivity contribution in [3.63, 3.8) is 0 Å². The minimum absolute atomic E-state index is 0.602. The van der Waals surface area contributed by atoms with E-state index in [0.717, 1.165) is 0 Å². The zero-order valence-electron chi connectivity index (χ0n) is 7.35. The maximum absolute atomic E-state index is 2.36. The number of hydrogen-bond donors (Lipinski definition) is 0. The van der Waals surface area contributed by atoms with E-state index in [1.807, 2.05) is 0 Å². The minimum atomic E-state index is 0.602. The third-order valence-electron chi connectivity index (χ3n) is 3.38. The van der Waals surface area contributed by atoms with E-state index in [1.54, 1.807) is 30.1 Å². The van der Waals surface area contributed by atoms with Gasteiger partial charge in [0.15, 0.2) is 0 Å². The molecule has 0 aromatic carbocycles. The number of fused-ring (bicyclic) bond motifs is 2. The molecule has 2 aliphatic rings. The van der Waals surface area contributed by atoms with Crippen molar-refractivity contribution in [2.75, 3.05) is 8.86 Å². The van der Waals surface area contributed by atoms with E-state index in [-0.39, 0.29) is 0 Å². The van der Waals surface area contributed by atoms with Gasteiger partial charge in [0.2, 0.25) is 0 Å². The Balaban J connectivity index is 1.78. The van der Waals surface area contributed by atoms with Crippen molar-refractivity contribution in [3.8, 4) is 0 Å². The molecule has 0 radical (unpaired) electrons. The average Bonchev–Trinajstić information content (AvgIpc) is 2.60. The van der Waals surface area contributed by atoms with E-state index in [0.29, 0.717) is 21.2 Å². The molecule has 0 nitrogen and oxygen atoms in total. The van der Waals surface area contributed by atoms with Crippen LogP contribution in [0.5, 0.6) is 0 Å². The second-order valence-corrected chi connectivity index (χ2v) is 7.53. The summed E-state index contributed by atoms with van der Waals surface area (Å²) in [5, 5.41) is 0. The molecule has 2 fully saturated rings. The van der Waals surface area contributed by atoms with Gasteiger partial charge in [-0.1, -0.05) is 0 Å². The van der Waals surface area contributed by atoms with Gasteiger partial charge in [-0.2, -0.15) is 0 Å². The molecule has 3 atom stereocenters. The first-order valence-electron chi connectivity index (χ1n) is 4.93. The van der Waals surface area contributed by atoms with E-state index in [2.05, 4.69) is 6.92 Å². The van der Waals surface area contributed by atoms with Crippen LogP contribution in [0.1, 0.15) is 32.6 Å². The van der Waals surface area contributed by atoms with E-state index < -0.39 is 0 Å². The van der Waals surface area contributed by atoms with E-state index in [9.17, 15) is 0 Å². The first-order valence-corrected chi connectivity index (χ1v) is 7.98. The summed E-state index contributed by atoms with van der Waals surface area (Å²) in [5.41, 5.74) is 0. The van der Waals surface area contributed by atoms with Crippen LogP contribution in [0, 0.1) is 17.8 Å². The molecule has 0 aromatic rings. The molecule has 2 saturated carbocycles. The molecular weight excluding hydrogens is 247 g/mol. The normalized spacial score (nSPS) is 42.1. The fourth-order valence-corrected chi connectivity index (χ4v) is 5.32. The first kappa shape index (κ1) is 8.33. The molecule has 0 amide bonds. The predicted molar refractivity (Wildman–Crippen MR) is 44.3 cm³/mol. The Hall–Kier alpha value is 0.730. The fraction of sp³-hybridized carbons (Fsp3) is 1.00. The summed E-state index contributed by atoms with van der Waals surface area (Å²) in [4.78, 5) is 0. The van der Waals surface area contributed by atoms with Gasteiger partial charge >= 0.3 is 80.4 Å². The number of alkyl halides is 2. The number of halogens is 1. The van der Waals surface area contributed by atoms with Crippen molar-refractivity contribution in [3.05, 3.63) is 0 Å². The van der Waals surface area contributed by atoms with Gasteiger partial charge in [0, 0.05) is 0 Å². The standard InChI is InChI=1S/C10H18I/c1-2-11-7-10-6-8-3-4-9(10)5-8/h8-10H,2-7H2,1H3/q-1. The van der Waals surface area contributed by atoms with Gasteiger partial charge in [-0.25, -0.2) is 0 Å². The summed E-state index contributed by atoms with van der Waals surface area (Å²) in [6.07, 6.45) is 6.39. The molecule has 1 heteroatoms. The summed E-state index contributed by atoms with van der Waals surface area (Å²) < 4.78 is 3.16. The van der Waals surface area contributed by atoms with Crippen molar-refractivity contribution in [1.82, 2.24) is 0 Å². The Morgan fingerprint density at radius 1 is 1.27 bits per heavy atom. The van der Waals surface area contributed by atoms with Crippen LogP contribution < -0.4 is 21.2 Å². The van der Waals surface area contributed by atoms with Crippen LogP contribution in [0.2, 0.25) is 0 Å². The van der Waals surface area contributed by atoms with Gasteiger partial charge in [-0.05, 0) is 0 Å². The van der Waals surface area contributed by atoms with Crippen LogP contribution in [0.25, 0.3) is 0 Å². The second kappa shape index (κ2) is 3.63. The second-order valence-electron chi connectivity index (χ2n) is 4.05. The Kier molecular flexibility index (Phi) is 2.75. The molecule has 0 heterocycles. The van der Waals surface area contributed by atoms with E-state index >= 15 is 0 Å². The zero-order chi connectivity index (χ0) is 7.68. The van der Waals surface area contributed by atoms with Crippen molar-refractivity contribution in [1.29, 1.82) is 0 Å². The maximum atomic E-state index is 2.36. The molecule has 0 saturated heterocycles. The Labute approximate surface area is 80.4 Å². The Morgan fingerprint density at radius 3 is 2.73 bits per heavy atom. The van der Waals surface area contributed by atoms with Gasteiger partial charge in [-0.3, -0.25) is 0 Å². The molecule has 11 heavy (non-hydrogen) atoms. The predicted octanol–water partition coefficient (Wildman–Crippen LogP) is -0.468. The van der Waals surface area contributed by atoms with Crippen LogP contribution in [-0.2, 0) is 0 Å². The summed E-state index contributed by atoms with van der Waals surface area (Å²) in [6, 6.07) is 0. The summed E-state index contributed by atoms with van der Waals surface area (Å²) in [5.74, 6) is 3.55. The molecule has 2 aliphatic carbocycles. The SMILES string of the molecule is CC[I-]CC1CC2CCC1C2. The Bertz CT molecular complexity index is 133. The van der Waals surface area contributed by atoms with Crippen LogP contribution in [0.3, 0.4) is 0 Å². The zero-order valence-corrected chi connectivity index (χ0v) is 9.51. The molecule has 66 valence electrons. The van der Waals surface area contributed by atoms with Gasteiger partial charge < -0.3 is 0 Å². The molecule has 0 aliphatic heterocycles. The fourth-order valence-electron chi connectivity index (χ4n) is 2.81. The average molecular weight is 265 g/mol.